The minimum atomic E-state index is -0.334. The van der Waals surface area contributed by atoms with Crippen LogP contribution in [0.4, 0.5) is 0 Å². The maximum atomic E-state index is 9.84. The molecule has 1 saturated carbocycles. The van der Waals surface area contributed by atoms with E-state index >= 15 is 0 Å². The highest BCUT2D eigenvalue weighted by atomic mass is 35.5. The molecule has 1 aromatic carbocycles. The van der Waals surface area contributed by atoms with Crippen LogP contribution < -0.4 is 10.1 Å². The lowest BCUT2D eigenvalue weighted by molar-refractivity contribution is 0.122. The zero-order chi connectivity index (χ0) is 15.4. The van der Waals surface area contributed by atoms with Crippen molar-refractivity contribution in [2.24, 2.45) is 0 Å². The van der Waals surface area contributed by atoms with Gasteiger partial charge >= 0.3 is 0 Å². The number of hydrogen-bond acceptors (Lipinski definition) is 4. The number of benzene rings is 1. The van der Waals surface area contributed by atoms with E-state index in [9.17, 15) is 5.26 Å². The molecule has 6 heteroatoms. The molecular formula is C18H27Cl2N3O. The van der Waals surface area contributed by atoms with E-state index in [0.717, 1.165) is 63.2 Å². The zero-order valence-electron chi connectivity index (χ0n) is 14.2. The van der Waals surface area contributed by atoms with Crippen LogP contribution in [0.1, 0.15) is 31.2 Å². The van der Waals surface area contributed by atoms with E-state index in [1.165, 1.54) is 0 Å². The third-order valence-electron chi connectivity index (χ3n) is 5.31. The summed E-state index contributed by atoms with van der Waals surface area (Å²) < 4.78 is 5.33. The molecule has 2 aliphatic rings. The normalized spacial score (nSPS) is 27.2. The molecule has 1 aliphatic carbocycles. The molecule has 4 nitrogen and oxygen atoms in total. The van der Waals surface area contributed by atoms with Crippen LogP contribution in [0.3, 0.4) is 0 Å². The van der Waals surface area contributed by atoms with Gasteiger partial charge in [0.25, 0.3) is 0 Å². The second-order valence-corrected chi connectivity index (χ2v) is 6.44. The Balaban J connectivity index is 0.00000144. The highest BCUT2D eigenvalue weighted by Crippen LogP contribution is 2.41. The van der Waals surface area contributed by atoms with Crippen molar-refractivity contribution in [3.05, 3.63) is 29.8 Å². The quantitative estimate of drug-likeness (QED) is 0.886. The Morgan fingerprint density at radius 3 is 2.46 bits per heavy atom. The topological polar surface area (TPSA) is 48.3 Å². The summed E-state index contributed by atoms with van der Waals surface area (Å²) in [7, 11) is 1.68. The van der Waals surface area contributed by atoms with Crippen molar-refractivity contribution < 1.29 is 4.74 Å². The number of nitrogens with zero attached hydrogens (tertiary/aromatic N) is 2. The molecule has 1 heterocycles. The zero-order valence-corrected chi connectivity index (χ0v) is 15.8. The molecule has 1 N–H and O–H groups in total. The first-order valence-electron chi connectivity index (χ1n) is 8.28. The van der Waals surface area contributed by atoms with E-state index in [0.29, 0.717) is 6.04 Å². The summed E-state index contributed by atoms with van der Waals surface area (Å²) >= 11 is 0. The van der Waals surface area contributed by atoms with Gasteiger partial charge in [-0.05, 0) is 43.4 Å². The average molecular weight is 372 g/mol. The fourth-order valence-electron chi connectivity index (χ4n) is 3.89. The van der Waals surface area contributed by atoms with Crippen molar-refractivity contribution in [3.8, 4) is 11.8 Å². The molecule has 1 saturated heterocycles. The van der Waals surface area contributed by atoms with Crippen molar-refractivity contribution in [1.29, 1.82) is 5.26 Å². The summed E-state index contributed by atoms with van der Waals surface area (Å²) in [6.45, 7) is 4.47. The minimum absolute atomic E-state index is 0. The average Bonchev–Trinajstić information content (AvgIpc) is 2.62. The number of nitriles is 1. The summed E-state index contributed by atoms with van der Waals surface area (Å²) in [4.78, 5) is 2.60. The Labute approximate surface area is 157 Å². The lowest BCUT2D eigenvalue weighted by Crippen LogP contribution is -2.50. The summed E-state index contributed by atoms with van der Waals surface area (Å²) in [5.74, 6) is 0.844. The van der Waals surface area contributed by atoms with Gasteiger partial charge in [-0.15, -0.1) is 24.8 Å². The molecule has 0 aromatic heterocycles. The molecule has 0 atom stereocenters. The summed E-state index contributed by atoms with van der Waals surface area (Å²) in [6.07, 6.45) is 4.13. The first-order valence-corrected chi connectivity index (χ1v) is 8.28. The molecular weight excluding hydrogens is 345 g/mol. The molecule has 1 aliphatic heterocycles. The first kappa shape index (κ1) is 21.1. The van der Waals surface area contributed by atoms with Gasteiger partial charge < -0.3 is 10.1 Å². The maximum absolute atomic E-state index is 9.84. The van der Waals surface area contributed by atoms with E-state index in [-0.39, 0.29) is 30.2 Å². The van der Waals surface area contributed by atoms with E-state index in [1.807, 2.05) is 18.2 Å². The Kier molecular flexibility index (Phi) is 8.32. The summed E-state index contributed by atoms with van der Waals surface area (Å²) in [5, 5.41) is 13.3. The molecule has 0 bridgehead atoms. The molecule has 0 radical (unpaired) electrons. The SMILES string of the molecule is COc1cccc([C@]2(C#N)CC[C@@H](N3CCNCC3)CC2)c1.Cl.Cl. The Morgan fingerprint density at radius 1 is 1.21 bits per heavy atom. The minimum Gasteiger partial charge on any atom is -0.497 e. The lowest BCUT2D eigenvalue weighted by Gasteiger charge is -2.42. The van der Waals surface area contributed by atoms with Crippen molar-refractivity contribution in [2.75, 3.05) is 33.3 Å². The standard InChI is InChI=1S/C18H25N3O.2ClH/c1-22-17-4-2-3-15(13-17)18(14-19)7-5-16(6-8-18)21-11-9-20-10-12-21;;/h2-4,13,16,20H,5-12H2,1H3;2*1H/t16-,18-;;. The Hall–Kier alpha value is -0.990. The van der Waals surface area contributed by atoms with Crippen molar-refractivity contribution in [2.45, 2.75) is 37.1 Å². The maximum Gasteiger partial charge on any atom is 0.119 e. The molecule has 3 rings (SSSR count). The fourth-order valence-corrected chi connectivity index (χ4v) is 3.89. The van der Waals surface area contributed by atoms with Gasteiger partial charge in [0, 0.05) is 32.2 Å². The van der Waals surface area contributed by atoms with Crippen LogP contribution in [0.25, 0.3) is 0 Å². The van der Waals surface area contributed by atoms with Crippen molar-refractivity contribution in [3.63, 3.8) is 0 Å². The van der Waals surface area contributed by atoms with Gasteiger partial charge in [-0.2, -0.15) is 5.26 Å². The number of rotatable bonds is 3. The van der Waals surface area contributed by atoms with Gasteiger partial charge in [0.05, 0.1) is 18.6 Å². The van der Waals surface area contributed by atoms with Crippen LogP contribution >= 0.6 is 24.8 Å². The third-order valence-corrected chi connectivity index (χ3v) is 5.31. The molecule has 2 fully saturated rings. The smallest absolute Gasteiger partial charge is 0.119 e. The van der Waals surface area contributed by atoms with E-state index in [4.69, 9.17) is 4.74 Å². The van der Waals surface area contributed by atoms with E-state index in [2.05, 4.69) is 22.4 Å². The molecule has 134 valence electrons. The summed E-state index contributed by atoms with van der Waals surface area (Å²) in [6, 6.07) is 11.3. The van der Waals surface area contributed by atoms with Crippen LogP contribution in [-0.2, 0) is 5.41 Å². The van der Waals surface area contributed by atoms with E-state index in [1.54, 1.807) is 7.11 Å². The number of halogens is 2. The molecule has 24 heavy (non-hydrogen) atoms. The van der Waals surface area contributed by atoms with Crippen LogP contribution in [-0.4, -0.2) is 44.2 Å². The third kappa shape index (κ3) is 4.34. The monoisotopic (exact) mass is 371 g/mol. The van der Waals surface area contributed by atoms with Crippen molar-refractivity contribution in [1.82, 2.24) is 10.2 Å². The number of methoxy groups -OCH3 is 1. The van der Waals surface area contributed by atoms with Gasteiger partial charge in [-0.3, -0.25) is 4.90 Å². The van der Waals surface area contributed by atoms with E-state index < -0.39 is 0 Å². The van der Waals surface area contributed by atoms with Crippen LogP contribution in [0.15, 0.2) is 24.3 Å². The lowest BCUT2D eigenvalue weighted by atomic mass is 9.69. The van der Waals surface area contributed by atoms with Crippen molar-refractivity contribution >= 4 is 24.8 Å². The highest BCUT2D eigenvalue weighted by Gasteiger charge is 2.39. The molecule has 1 aromatic rings. The summed E-state index contributed by atoms with van der Waals surface area (Å²) in [5.41, 5.74) is 0.784. The molecule has 0 spiro atoms. The Morgan fingerprint density at radius 2 is 1.88 bits per heavy atom. The van der Waals surface area contributed by atoms with Crippen LogP contribution in [0, 0.1) is 11.3 Å². The van der Waals surface area contributed by atoms with Gasteiger partial charge in [0.1, 0.15) is 5.75 Å². The molecule has 0 amide bonds. The number of piperazine rings is 1. The first-order chi connectivity index (χ1) is 10.8. The Bertz CT molecular complexity index is 547. The predicted octanol–water partition coefficient (Wildman–Crippen LogP) is 3.15. The second kappa shape index (κ2) is 9.48. The number of nitrogens with one attached hydrogen (secondary N) is 1. The van der Waals surface area contributed by atoms with Gasteiger partial charge in [0.2, 0.25) is 0 Å². The van der Waals surface area contributed by atoms with Gasteiger partial charge in [0.15, 0.2) is 0 Å². The number of hydrogen-bond donors (Lipinski definition) is 1. The second-order valence-electron chi connectivity index (χ2n) is 6.44. The number of ether oxygens (including phenoxy) is 1. The largest absolute Gasteiger partial charge is 0.497 e. The van der Waals surface area contributed by atoms with Crippen LogP contribution in [0.5, 0.6) is 5.75 Å². The predicted molar refractivity (Wildman–Crippen MR) is 101 cm³/mol. The fraction of sp³-hybridized carbons (Fsp3) is 0.611. The molecule has 0 unspecified atom stereocenters. The highest BCUT2D eigenvalue weighted by molar-refractivity contribution is 5.85. The van der Waals surface area contributed by atoms with Gasteiger partial charge in [-0.1, -0.05) is 12.1 Å². The van der Waals surface area contributed by atoms with Crippen LogP contribution in [0.2, 0.25) is 0 Å². The van der Waals surface area contributed by atoms with Gasteiger partial charge in [-0.25, -0.2) is 0 Å².